The third-order valence-electron chi connectivity index (χ3n) is 3.62. The Labute approximate surface area is 107 Å². The van der Waals surface area contributed by atoms with Crippen LogP contribution in [0.25, 0.3) is 0 Å². The molecule has 2 heterocycles. The first-order valence-corrected chi connectivity index (χ1v) is 8.19. The predicted molar refractivity (Wildman–Crippen MR) is 70.9 cm³/mol. The van der Waals surface area contributed by atoms with E-state index in [0.717, 1.165) is 24.4 Å². The van der Waals surface area contributed by atoms with Crippen molar-refractivity contribution < 1.29 is 13.2 Å². The van der Waals surface area contributed by atoms with Crippen LogP contribution < -0.4 is 10.1 Å². The Hall–Kier alpha value is -1.23. The van der Waals surface area contributed by atoms with Crippen LogP contribution in [0, 0.1) is 0 Å². The highest BCUT2D eigenvalue weighted by Gasteiger charge is 2.26. The fourth-order valence-corrected chi connectivity index (χ4v) is 4.04. The van der Waals surface area contributed by atoms with Gasteiger partial charge in [-0.25, -0.2) is 8.42 Å². The minimum atomic E-state index is -2.81. The molecule has 1 aromatic carbocycles. The molecule has 1 fully saturated rings. The molecule has 1 aromatic rings. The van der Waals surface area contributed by atoms with Crippen LogP contribution in [0.5, 0.6) is 5.75 Å². The standard InChI is InChI=1S/C13H17NO3S/c15-18(16)8-5-10(6-9-18)17-13-3-1-2-12-11(13)4-7-14-12/h1-3,10,14H,4-9H2. The number of fused-ring (bicyclic) bond motifs is 1. The maximum absolute atomic E-state index is 11.4. The molecule has 18 heavy (non-hydrogen) atoms. The van der Waals surface area contributed by atoms with Gasteiger partial charge in [-0.1, -0.05) is 6.07 Å². The molecule has 2 aliphatic rings. The smallest absolute Gasteiger partial charge is 0.150 e. The molecule has 1 saturated heterocycles. The van der Waals surface area contributed by atoms with Gasteiger partial charge in [0.05, 0.1) is 11.5 Å². The summed E-state index contributed by atoms with van der Waals surface area (Å²) in [5.41, 5.74) is 2.38. The quantitative estimate of drug-likeness (QED) is 0.884. The molecule has 3 rings (SSSR count). The minimum absolute atomic E-state index is 0.0422. The molecule has 0 bridgehead atoms. The second-order valence-corrected chi connectivity index (χ2v) is 7.23. The molecule has 0 unspecified atom stereocenters. The van der Waals surface area contributed by atoms with Gasteiger partial charge in [0, 0.05) is 17.8 Å². The van der Waals surface area contributed by atoms with E-state index < -0.39 is 9.84 Å². The normalized spacial score (nSPS) is 22.2. The third kappa shape index (κ3) is 2.32. The van der Waals surface area contributed by atoms with Crippen molar-refractivity contribution in [1.82, 2.24) is 0 Å². The molecule has 98 valence electrons. The summed E-state index contributed by atoms with van der Waals surface area (Å²) in [7, 11) is -2.81. The first-order valence-electron chi connectivity index (χ1n) is 6.37. The maximum Gasteiger partial charge on any atom is 0.150 e. The van der Waals surface area contributed by atoms with Crippen molar-refractivity contribution in [3.05, 3.63) is 23.8 Å². The topological polar surface area (TPSA) is 55.4 Å². The van der Waals surface area contributed by atoms with Crippen molar-refractivity contribution >= 4 is 15.5 Å². The Morgan fingerprint density at radius 2 is 2.00 bits per heavy atom. The van der Waals surface area contributed by atoms with E-state index in [1.54, 1.807) is 0 Å². The first kappa shape index (κ1) is 11.8. The van der Waals surface area contributed by atoms with Crippen molar-refractivity contribution in [2.24, 2.45) is 0 Å². The van der Waals surface area contributed by atoms with E-state index in [1.165, 1.54) is 5.56 Å². The van der Waals surface area contributed by atoms with Crippen LogP contribution in [0.4, 0.5) is 5.69 Å². The Morgan fingerprint density at radius 1 is 1.22 bits per heavy atom. The van der Waals surface area contributed by atoms with Crippen molar-refractivity contribution in [1.29, 1.82) is 0 Å². The fourth-order valence-electron chi connectivity index (χ4n) is 2.59. The van der Waals surface area contributed by atoms with Gasteiger partial charge in [-0.15, -0.1) is 0 Å². The predicted octanol–water partition coefficient (Wildman–Crippen LogP) is 1.61. The zero-order valence-corrected chi connectivity index (χ0v) is 11.0. The fraction of sp³-hybridized carbons (Fsp3) is 0.538. The van der Waals surface area contributed by atoms with Gasteiger partial charge in [0.1, 0.15) is 11.9 Å². The lowest BCUT2D eigenvalue weighted by atomic mass is 10.1. The van der Waals surface area contributed by atoms with Crippen LogP contribution in [0.15, 0.2) is 18.2 Å². The molecule has 0 radical (unpaired) electrons. The molecule has 1 N–H and O–H groups in total. The summed E-state index contributed by atoms with van der Waals surface area (Å²) in [6, 6.07) is 6.02. The lowest BCUT2D eigenvalue weighted by molar-refractivity contribution is 0.188. The van der Waals surface area contributed by atoms with E-state index in [2.05, 4.69) is 11.4 Å². The number of nitrogens with one attached hydrogen (secondary N) is 1. The highest BCUT2D eigenvalue weighted by Crippen LogP contribution is 2.32. The molecule has 0 amide bonds. The number of sulfone groups is 1. The van der Waals surface area contributed by atoms with Crippen LogP contribution in [0.3, 0.4) is 0 Å². The molecular weight excluding hydrogens is 250 g/mol. The van der Waals surface area contributed by atoms with E-state index >= 15 is 0 Å². The molecule has 4 nitrogen and oxygen atoms in total. The minimum Gasteiger partial charge on any atom is -0.490 e. The van der Waals surface area contributed by atoms with Gasteiger partial charge in [0.2, 0.25) is 0 Å². The molecule has 0 spiro atoms. The SMILES string of the molecule is O=S1(=O)CCC(Oc2cccc3c2CCN3)CC1. The summed E-state index contributed by atoms with van der Waals surface area (Å²) >= 11 is 0. The Balaban J connectivity index is 1.73. The van der Waals surface area contributed by atoms with Crippen LogP contribution in [-0.4, -0.2) is 32.6 Å². The summed E-state index contributed by atoms with van der Waals surface area (Å²) in [4.78, 5) is 0. The van der Waals surface area contributed by atoms with Crippen LogP contribution in [0.1, 0.15) is 18.4 Å². The van der Waals surface area contributed by atoms with Crippen LogP contribution in [-0.2, 0) is 16.3 Å². The number of ether oxygens (including phenoxy) is 1. The van der Waals surface area contributed by atoms with E-state index in [4.69, 9.17) is 4.74 Å². The van der Waals surface area contributed by atoms with Crippen molar-refractivity contribution in [3.8, 4) is 5.75 Å². The average Bonchev–Trinajstić information content (AvgIpc) is 2.81. The van der Waals surface area contributed by atoms with Gasteiger partial charge in [0.15, 0.2) is 9.84 Å². The zero-order valence-electron chi connectivity index (χ0n) is 10.2. The second kappa shape index (κ2) is 4.46. The number of anilines is 1. The van der Waals surface area contributed by atoms with E-state index in [0.29, 0.717) is 12.8 Å². The first-order chi connectivity index (χ1) is 8.64. The molecular formula is C13H17NO3S. The van der Waals surface area contributed by atoms with E-state index in [9.17, 15) is 8.42 Å². The Bertz CT molecular complexity index is 539. The lowest BCUT2D eigenvalue weighted by Crippen LogP contribution is -2.30. The summed E-state index contributed by atoms with van der Waals surface area (Å²) in [6.45, 7) is 0.953. The molecule has 2 aliphatic heterocycles. The third-order valence-corrected chi connectivity index (χ3v) is 5.33. The van der Waals surface area contributed by atoms with Gasteiger partial charge in [0.25, 0.3) is 0 Å². The molecule has 5 heteroatoms. The van der Waals surface area contributed by atoms with Crippen LogP contribution in [0.2, 0.25) is 0 Å². The van der Waals surface area contributed by atoms with Crippen molar-refractivity contribution in [2.75, 3.05) is 23.4 Å². The molecule has 0 atom stereocenters. The number of rotatable bonds is 2. The maximum atomic E-state index is 11.4. The summed E-state index contributed by atoms with van der Waals surface area (Å²) in [5.74, 6) is 1.43. The summed E-state index contributed by atoms with van der Waals surface area (Å²) in [6.07, 6.45) is 2.25. The van der Waals surface area contributed by atoms with Crippen LogP contribution >= 0.6 is 0 Å². The highest BCUT2D eigenvalue weighted by molar-refractivity contribution is 7.91. The monoisotopic (exact) mass is 267 g/mol. The Morgan fingerprint density at radius 3 is 2.78 bits per heavy atom. The largest absolute Gasteiger partial charge is 0.490 e. The average molecular weight is 267 g/mol. The molecule has 0 saturated carbocycles. The zero-order chi connectivity index (χ0) is 12.6. The number of hydrogen-bond donors (Lipinski definition) is 1. The Kier molecular flexibility index (Phi) is 2.93. The number of benzene rings is 1. The van der Waals surface area contributed by atoms with Gasteiger partial charge < -0.3 is 10.1 Å². The lowest BCUT2D eigenvalue weighted by Gasteiger charge is -2.24. The molecule has 0 aromatic heterocycles. The van der Waals surface area contributed by atoms with Crippen molar-refractivity contribution in [3.63, 3.8) is 0 Å². The second-order valence-electron chi connectivity index (χ2n) is 4.93. The number of hydrogen-bond acceptors (Lipinski definition) is 4. The molecule has 0 aliphatic carbocycles. The highest BCUT2D eigenvalue weighted by atomic mass is 32.2. The summed E-state index contributed by atoms with van der Waals surface area (Å²) in [5, 5.41) is 3.31. The summed E-state index contributed by atoms with van der Waals surface area (Å²) < 4.78 is 28.7. The van der Waals surface area contributed by atoms with Gasteiger partial charge in [-0.3, -0.25) is 0 Å². The van der Waals surface area contributed by atoms with Crippen molar-refractivity contribution in [2.45, 2.75) is 25.4 Å². The van der Waals surface area contributed by atoms with Gasteiger partial charge in [-0.2, -0.15) is 0 Å². The van der Waals surface area contributed by atoms with Gasteiger partial charge in [-0.05, 0) is 31.4 Å². The van der Waals surface area contributed by atoms with E-state index in [1.807, 2.05) is 12.1 Å². The van der Waals surface area contributed by atoms with E-state index in [-0.39, 0.29) is 17.6 Å². The van der Waals surface area contributed by atoms with Gasteiger partial charge >= 0.3 is 0 Å².